The molecule has 0 spiro atoms. The average molecular weight is 373 g/mol. The molecule has 0 radical (unpaired) electrons. The second kappa shape index (κ2) is 7.17. The minimum Gasteiger partial charge on any atom is -0.330 e. The van der Waals surface area contributed by atoms with Gasteiger partial charge in [0.05, 0.1) is 6.20 Å². The molecule has 8 heteroatoms. The van der Waals surface area contributed by atoms with Crippen molar-refractivity contribution in [1.82, 2.24) is 14.5 Å². The Morgan fingerprint density at radius 2 is 2.10 bits per heavy atom. The Bertz CT molecular complexity index is 700. The molecule has 1 aromatic carbocycles. The number of halogens is 1. The standard InChI is InChI=1S/C13H17BrN4O2S/c14-13-5-2-1-4-11(13)8-17-21(19,20)12-9-16-18(10-12)7-3-6-15/h1-2,4-5,9-10,17H,3,6-8,15H2. The minimum absolute atomic E-state index is 0.159. The third-order valence-electron chi connectivity index (χ3n) is 2.92. The number of benzene rings is 1. The predicted molar refractivity (Wildman–Crippen MR) is 84.1 cm³/mol. The van der Waals surface area contributed by atoms with Gasteiger partial charge in [0.15, 0.2) is 0 Å². The molecule has 2 rings (SSSR count). The second-order valence-electron chi connectivity index (χ2n) is 4.50. The van der Waals surface area contributed by atoms with E-state index in [2.05, 4.69) is 25.8 Å². The zero-order valence-electron chi connectivity index (χ0n) is 11.4. The summed E-state index contributed by atoms with van der Waals surface area (Å²) in [4.78, 5) is 0.159. The van der Waals surface area contributed by atoms with E-state index in [1.54, 1.807) is 4.68 Å². The van der Waals surface area contributed by atoms with E-state index in [4.69, 9.17) is 5.73 Å². The second-order valence-corrected chi connectivity index (χ2v) is 7.12. The van der Waals surface area contributed by atoms with Crippen LogP contribution in [0.2, 0.25) is 0 Å². The molecule has 0 aliphatic rings. The van der Waals surface area contributed by atoms with Crippen LogP contribution in [-0.2, 0) is 23.1 Å². The number of sulfonamides is 1. The van der Waals surface area contributed by atoms with Crippen LogP contribution in [0.25, 0.3) is 0 Å². The van der Waals surface area contributed by atoms with Crippen LogP contribution in [-0.4, -0.2) is 24.7 Å². The van der Waals surface area contributed by atoms with E-state index in [0.29, 0.717) is 13.1 Å². The van der Waals surface area contributed by atoms with Gasteiger partial charge >= 0.3 is 0 Å². The Morgan fingerprint density at radius 3 is 2.81 bits per heavy atom. The Labute approximate surface area is 132 Å². The quantitative estimate of drug-likeness (QED) is 0.769. The number of nitrogens with zero attached hydrogens (tertiary/aromatic N) is 2. The van der Waals surface area contributed by atoms with Crippen LogP contribution in [0.3, 0.4) is 0 Å². The van der Waals surface area contributed by atoms with Gasteiger partial charge in [0, 0.05) is 23.8 Å². The molecule has 0 atom stereocenters. The first-order chi connectivity index (χ1) is 10.0. The molecule has 21 heavy (non-hydrogen) atoms. The molecule has 0 bridgehead atoms. The molecule has 0 saturated heterocycles. The lowest BCUT2D eigenvalue weighted by atomic mass is 10.2. The van der Waals surface area contributed by atoms with Crippen molar-refractivity contribution in [2.75, 3.05) is 6.54 Å². The lowest BCUT2D eigenvalue weighted by Crippen LogP contribution is -2.23. The fourth-order valence-corrected chi connectivity index (χ4v) is 3.14. The van der Waals surface area contributed by atoms with Crippen LogP contribution >= 0.6 is 15.9 Å². The molecule has 2 aromatic rings. The summed E-state index contributed by atoms with van der Waals surface area (Å²) in [5.74, 6) is 0. The van der Waals surface area contributed by atoms with Crippen molar-refractivity contribution in [2.45, 2.75) is 24.4 Å². The van der Waals surface area contributed by atoms with E-state index < -0.39 is 10.0 Å². The molecule has 3 N–H and O–H groups in total. The SMILES string of the molecule is NCCCn1cc(S(=O)(=O)NCc2ccccc2Br)cn1. The van der Waals surface area contributed by atoms with Gasteiger partial charge in [0.2, 0.25) is 10.0 Å². The maximum atomic E-state index is 12.2. The van der Waals surface area contributed by atoms with Gasteiger partial charge in [0.25, 0.3) is 0 Å². The van der Waals surface area contributed by atoms with E-state index in [-0.39, 0.29) is 11.4 Å². The van der Waals surface area contributed by atoms with E-state index in [0.717, 1.165) is 16.5 Å². The molecule has 0 saturated carbocycles. The number of aryl methyl sites for hydroxylation is 1. The van der Waals surface area contributed by atoms with Crippen molar-refractivity contribution in [1.29, 1.82) is 0 Å². The van der Waals surface area contributed by atoms with Gasteiger partial charge in [-0.15, -0.1) is 0 Å². The summed E-state index contributed by atoms with van der Waals surface area (Å²) in [5.41, 5.74) is 6.29. The topological polar surface area (TPSA) is 90.0 Å². The maximum absolute atomic E-state index is 12.2. The molecule has 1 aromatic heterocycles. The molecule has 0 aliphatic heterocycles. The molecule has 0 fully saturated rings. The number of rotatable bonds is 7. The van der Waals surface area contributed by atoms with Gasteiger partial charge in [-0.2, -0.15) is 5.10 Å². The number of nitrogens with one attached hydrogen (secondary N) is 1. The molecule has 114 valence electrons. The highest BCUT2D eigenvalue weighted by Crippen LogP contribution is 2.16. The highest BCUT2D eigenvalue weighted by Gasteiger charge is 2.16. The lowest BCUT2D eigenvalue weighted by Gasteiger charge is -2.06. The van der Waals surface area contributed by atoms with E-state index in [1.807, 2.05) is 24.3 Å². The summed E-state index contributed by atoms with van der Waals surface area (Å²) in [6, 6.07) is 7.47. The van der Waals surface area contributed by atoms with E-state index in [1.165, 1.54) is 12.4 Å². The Morgan fingerprint density at radius 1 is 1.33 bits per heavy atom. The highest BCUT2D eigenvalue weighted by molar-refractivity contribution is 9.10. The number of aromatic nitrogens is 2. The fourth-order valence-electron chi connectivity index (χ4n) is 1.76. The molecule has 0 amide bonds. The first kappa shape index (κ1) is 16.2. The lowest BCUT2D eigenvalue weighted by molar-refractivity contribution is 0.576. The first-order valence-electron chi connectivity index (χ1n) is 6.48. The smallest absolute Gasteiger partial charge is 0.243 e. The van der Waals surface area contributed by atoms with Crippen LogP contribution in [0.1, 0.15) is 12.0 Å². The third kappa shape index (κ3) is 4.37. The van der Waals surface area contributed by atoms with Crippen LogP contribution in [0.5, 0.6) is 0 Å². The van der Waals surface area contributed by atoms with Gasteiger partial charge in [-0.25, -0.2) is 13.1 Å². The van der Waals surface area contributed by atoms with Gasteiger partial charge in [-0.05, 0) is 24.6 Å². The Kier molecular flexibility index (Phi) is 5.51. The Hall–Kier alpha value is -1.22. The van der Waals surface area contributed by atoms with Gasteiger partial charge < -0.3 is 5.73 Å². The molecule has 6 nitrogen and oxygen atoms in total. The van der Waals surface area contributed by atoms with Crippen molar-refractivity contribution in [3.05, 3.63) is 46.7 Å². The summed E-state index contributed by atoms with van der Waals surface area (Å²) in [6.45, 7) is 1.37. The summed E-state index contributed by atoms with van der Waals surface area (Å²) in [7, 11) is -3.56. The minimum atomic E-state index is -3.56. The van der Waals surface area contributed by atoms with E-state index in [9.17, 15) is 8.42 Å². The summed E-state index contributed by atoms with van der Waals surface area (Å²) >= 11 is 3.39. The highest BCUT2D eigenvalue weighted by atomic mass is 79.9. The summed E-state index contributed by atoms with van der Waals surface area (Å²) in [5, 5.41) is 4.03. The summed E-state index contributed by atoms with van der Waals surface area (Å²) in [6.07, 6.45) is 3.61. The Balaban J connectivity index is 2.05. The largest absolute Gasteiger partial charge is 0.330 e. The van der Waals surface area contributed by atoms with Crippen molar-refractivity contribution >= 4 is 26.0 Å². The van der Waals surface area contributed by atoms with Crippen molar-refractivity contribution < 1.29 is 8.42 Å². The number of hydrogen-bond acceptors (Lipinski definition) is 4. The summed E-state index contributed by atoms with van der Waals surface area (Å²) < 4.78 is 29.4. The van der Waals surface area contributed by atoms with Crippen LogP contribution in [0, 0.1) is 0 Å². The fraction of sp³-hybridized carbons (Fsp3) is 0.308. The van der Waals surface area contributed by atoms with Gasteiger partial charge in [-0.3, -0.25) is 4.68 Å². The zero-order valence-corrected chi connectivity index (χ0v) is 13.8. The predicted octanol–water partition coefficient (Wildman–Crippen LogP) is 1.47. The maximum Gasteiger partial charge on any atom is 0.243 e. The van der Waals surface area contributed by atoms with E-state index >= 15 is 0 Å². The van der Waals surface area contributed by atoms with Crippen LogP contribution in [0.4, 0.5) is 0 Å². The first-order valence-corrected chi connectivity index (χ1v) is 8.76. The van der Waals surface area contributed by atoms with Crippen molar-refractivity contribution in [3.8, 4) is 0 Å². The molecule has 1 heterocycles. The van der Waals surface area contributed by atoms with Gasteiger partial charge in [-0.1, -0.05) is 34.1 Å². The molecular weight excluding hydrogens is 356 g/mol. The monoisotopic (exact) mass is 372 g/mol. The molecule has 0 aliphatic carbocycles. The zero-order chi connectivity index (χ0) is 15.3. The van der Waals surface area contributed by atoms with Gasteiger partial charge in [0.1, 0.15) is 4.90 Å². The molecule has 0 unspecified atom stereocenters. The van der Waals surface area contributed by atoms with Crippen LogP contribution < -0.4 is 10.5 Å². The number of nitrogens with two attached hydrogens (primary N) is 1. The third-order valence-corrected chi connectivity index (χ3v) is 5.05. The van der Waals surface area contributed by atoms with Crippen LogP contribution in [0.15, 0.2) is 46.0 Å². The van der Waals surface area contributed by atoms with Crippen molar-refractivity contribution in [3.63, 3.8) is 0 Å². The normalized spacial score (nSPS) is 11.7. The number of hydrogen-bond donors (Lipinski definition) is 2. The molecular formula is C13H17BrN4O2S. The van der Waals surface area contributed by atoms with Crippen molar-refractivity contribution in [2.24, 2.45) is 5.73 Å². The average Bonchev–Trinajstić information content (AvgIpc) is 2.94.